The van der Waals surface area contributed by atoms with Crippen molar-refractivity contribution in [3.8, 4) is 5.75 Å². The van der Waals surface area contributed by atoms with Crippen LogP contribution in [-0.2, 0) is 4.74 Å². The number of rotatable bonds is 4. The lowest BCUT2D eigenvalue weighted by Crippen LogP contribution is -2.06. The van der Waals surface area contributed by atoms with Crippen molar-refractivity contribution in [3.63, 3.8) is 0 Å². The van der Waals surface area contributed by atoms with Crippen LogP contribution in [0.3, 0.4) is 0 Å². The number of benzene rings is 1. The molecule has 0 radical (unpaired) electrons. The van der Waals surface area contributed by atoms with Crippen molar-refractivity contribution >= 4 is 34.2 Å². The number of fused-ring (bicyclic) bond motifs is 1. The fourth-order valence-electron chi connectivity index (χ4n) is 3.20. The van der Waals surface area contributed by atoms with Gasteiger partial charge in [-0.25, -0.2) is 9.59 Å². The first kappa shape index (κ1) is 15.9. The molecule has 1 saturated carbocycles. The summed E-state index contributed by atoms with van der Waals surface area (Å²) in [5.41, 5.74) is 2.40. The van der Waals surface area contributed by atoms with Gasteiger partial charge in [-0.1, -0.05) is 6.07 Å². The number of nitrogens with zero attached hydrogens (tertiary/aromatic N) is 1. The molecule has 0 aliphatic heterocycles. The van der Waals surface area contributed by atoms with E-state index in [2.05, 4.69) is 4.57 Å². The molecule has 1 aliphatic rings. The number of thiophene rings is 1. The number of hydrogen-bond donors (Lipinski definition) is 0. The van der Waals surface area contributed by atoms with Crippen LogP contribution in [0.4, 0.5) is 0 Å². The van der Waals surface area contributed by atoms with Crippen molar-refractivity contribution in [2.24, 2.45) is 0 Å². The van der Waals surface area contributed by atoms with Crippen molar-refractivity contribution in [3.05, 3.63) is 51.8 Å². The average Bonchev–Trinajstić information content (AvgIpc) is 3.19. The van der Waals surface area contributed by atoms with Gasteiger partial charge in [0.25, 0.3) is 0 Å². The van der Waals surface area contributed by atoms with E-state index in [1.165, 1.54) is 18.4 Å². The smallest absolute Gasteiger partial charge is 0.353 e. The number of aromatic nitrogens is 1. The van der Waals surface area contributed by atoms with Crippen LogP contribution in [0.25, 0.3) is 10.9 Å². The molecule has 0 atom stereocenters. The molecule has 1 aliphatic carbocycles. The molecule has 0 bridgehead atoms. The third-order valence-electron chi connectivity index (χ3n) is 4.45. The van der Waals surface area contributed by atoms with E-state index < -0.39 is 5.97 Å². The van der Waals surface area contributed by atoms with Crippen LogP contribution in [0.5, 0.6) is 5.75 Å². The second-order valence-electron chi connectivity index (χ2n) is 6.10. The van der Waals surface area contributed by atoms with Gasteiger partial charge < -0.3 is 14.0 Å². The summed E-state index contributed by atoms with van der Waals surface area (Å²) in [6.45, 7) is 1.93. The quantitative estimate of drug-likeness (QED) is 0.516. The zero-order valence-electron chi connectivity index (χ0n) is 13.9. The number of carbonyl (C=O) groups is 2. The second kappa shape index (κ2) is 6.04. The predicted octanol–water partition coefficient (Wildman–Crippen LogP) is 4.35. The lowest BCUT2D eigenvalue weighted by molar-refractivity contribution is 0.0601. The molecule has 0 saturated heterocycles. The van der Waals surface area contributed by atoms with Gasteiger partial charge in [0.05, 0.1) is 12.7 Å². The van der Waals surface area contributed by atoms with Gasteiger partial charge in [0, 0.05) is 22.6 Å². The maximum atomic E-state index is 12.3. The zero-order chi connectivity index (χ0) is 17.6. The first-order valence-electron chi connectivity index (χ1n) is 8.08. The first-order valence-corrected chi connectivity index (χ1v) is 8.96. The topological polar surface area (TPSA) is 57.5 Å². The van der Waals surface area contributed by atoms with Crippen molar-refractivity contribution in [1.29, 1.82) is 0 Å². The minimum absolute atomic E-state index is 0.372. The molecular weight excluding hydrogens is 338 g/mol. The molecule has 25 heavy (non-hydrogen) atoms. The molecule has 1 aromatic carbocycles. The van der Waals surface area contributed by atoms with Gasteiger partial charge in [0.15, 0.2) is 0 Å². The maximum absolute atomic E-state index is 12.3. The highest BCUT2D eigenvalue weighted by atomic mass is 32.1. The third kappa shape index (κ3) is 2.72. The molecule has 4 rings (SSSR count). The van der Waals surface area contributed by atoms with Crippen molar-refractivity contribution < 1.29 is 19.1 Å². The number of methoxy groups -OCH3 is 1. The van der Waals surface area contributed by atoms with E-state index >= 15 is 0 Å². The van der Waals surface area contributed by atoms with Crippen LogP contribution in [0.1, 0.15) is 44.6 Å². The Morgan fingerprint density at radius 2 is 2.00 bits per heavy atom. The van der Waals surface area contributed by atoms with E-state index in [1.807, 2.05) is 18.4 Å². The molecule has 5 nitrogen and oxygen atoms in total. The molecule has 6 heteroatoms. The van der Waals surface area contributed by atoms with Gasteiger partial charge in [-0.2, -0.15) is 0 Å². The number of carbonyl (C=O) groups excluding carboxylic acids is 2. The Balaban J connectivity index is 1.79. The molecule has 2 heterocycles. The van der Waals surface area contributed by atoms with E-state index in [9.17, 15) is 9.59 Å². The van der Waals surface area contributed by atoms with E-state index in [0.717, 1.165) is 29.4 Å². The molecular formula is C19H17NO4S. The molecule has 0 N–H and O–H groups in total. The van der Waals surface area contributed by atoms with E-state index in [4.69, 9.17) is 9.47 Å². The van der Waals surface area contributed by atoms with Crippen LogP contribution in [-0.4, -0.2) is 23.6 Å². The molecule has 0 spiro atoms. The minimum atomic E-state index is -0.396. The molecule has 3 aromatic rings. The van der Waals surface area contributed by atoms with Crippen LogP contribution < -0.4 is 4.74 Å². The average molecular weight is 355 g/mol. The number of hydrogen-bond acceptors (Lipinski definition) is 5. The Morgan fingerprint density at radius 1 is 1.20 bits per heavy atom. The van der Waals surface area contributed by atoms with E-state index in [1.54, 1.807) is 24.3 Å². The monoisotopic (exact) mass is 355 g/mol. The van der Waals surface area contributed by atoms with Gasteiger partial charge in [0.2, 0.25) is 0 Å². The molecule has 2 aromatic heterocycles. The summed E-state index contributed by atoms with van der Waals surface area (Å²) in [4.78, 5) is 25.0. The highest BCUT2D eigenvalue weighted by Gasteiger charge is 2.30. The Bertz CT molecular complexity index is 967. The van der Waals surface area contributed by atoms with Crippen molar-refractivity contribution in [2.45, 2.75) is 25.8 Å². The van der Waals surface area contributed by atoms with Gasteiger partial charge in [-0.15, -0.1) is 11.3 Å². The van der Waals surface area contributed by atoms with Crippen molar-refractivity contribution in [2.75, 3.05) is 7.11 Å². The molecule has 0 unspecified atom stereocenters. The number of ether oxygens (including phenoxy) is 2. The van der Waals surface area contributed by atoms with E-state index in [0.29, 0.717) is 22.2 Å². The fraction of sp³-hybridized carbons (Fsp3) is 0.263. The van der Waals surface area contributed by atoms with Crippen LogP contribution in [0.2, 0.25) is 0 Å². The SMILES string of the molecule is COC(=O)c1c(C)n(C2CC2)c2ccc(OC(=O)c3cccs3)cc12. The van der Waals surface area contributed by atoms with Crippen molar-refractivity contribution in [1.82, 2.24) is 4.57 Å². The summed E-state index contributed by atoms with van der Waals surface area (Å²) >= 11 is 1.33. The predicted molar refractivity (Wildman–Crippen MR) is 95.6 cm³/mol. The largest absolute Gasteiger partial charge is 0.465 e. The Morgan fingerprint density at radius 3 is 2.64 bits per heavy atom. The molecule has 0 amide bonds. The third-order valence-corrected chi connectivity index (χ3v) is 5.30. The maximum Gasteiger partial charge on any atom is 0.353 e. The van der Waals surface area contributed by atoms with Gasteiger partial charge >= 0.3 is 11.9 Å². The summed E-state index contributed by atoms with van der Waals surface area (Å²) in [7, 11) is 1.38. The summed E-state index contributed by atoms with van der Waals surface area (Å²) in [6, 6.07) is 9.38. The molecule has 128 valence electrons. The normalized spacial score (nSPS) is 13.8. The summed E-state index contributed by atoms with van der Waals surface area (Å²) in [5.74, 6) is -0.347. The van der Waals surface area contributed by atoms with Crippen LogP contribution >= 0.6 is 11.3 Å². The fourth-order valence-corrected chi connectivity index (χ4v) is 3.80. The Hall–Kier alpha value is -2.60. The standard InChI is InChI=1S/C19H17NO4S/c1-11-17(19(22)23-2)14-10-13(24-18(21)16-4-3-9-25-16)7-8-15(14)20(11)12-5-6-12/h3-4,7-10,12H,5-6H2,1-2H3. The Kier molecular flexibility index (Phi) is 3.84. The second-order valence-corrected chi connectivity index (χ2v) is 7.05. The lowest BCUT2D eigenvalue weighted by atomic mass is 10.1. The first-order chi connectivity index (χ1) is 12.1. The number of esters is 2. The summed E-state index contributed by atoms with van der Waals surface area (Å²) in [6.07, 6.45) is 2.22. The van der Waals surface area contributed by atoms with Gasteiger partial charge in [0.1, 0.15) is 10.6 Å². The summed E-state index contributed by atoms with van der Waals surface area (Å²) in [5, 5.41) is 2.58. The van der Waals surface area contributed by atoms with Crippen LogP contribution in [0.15, 0.2) is 35.7 Å². The van der Waals surface area contributed by atoms with Crippen LogP contribution in [0, 0.1) is 6.92 Å². The Labute approximate surface area is 148 Å². The van der Waals surface area contributed by atoms with Gasteiger partial charge in [-0.05, 0) is 49.4 Å². The highest BCUT2D eigenvalue weighted by molar-refractivity contribution is 7.12. The molecule has 1 fully saturated rings. The summed E-state index contributed by atoms with van der Waals surface area (Å²) < 4.78 is 12.6. The van der Waals surface area contributed by atoms with Gasteiger partial charge in [-0.3, -0.25) is 0 Å². The highest BCUT2D eigenvalue weighted by Crippen LogP contribution is 2.42. The lowest BCUT2D eigenvalue weighted by Gasteiger charge is -2.06. The minimum Gasteiger partial charge on any atom is -0.465 e. The van der Waals surface area contributed by atoms with E-state index in [-0.39, 0.29) is 5.97 Å². The zero-order valence-corrected chi connectivity index (χ0v) is 14.8.